The maximum absolute atomic E-state index is 13.1. The van der Waals surface area contributed by atoms with Crippen LogP contribution in [0.3, 0.4) is 0 Å². The molecule has 1 N–H and O–H groups in total. The fourth-order valence-electron chi connectivity index (χ4n) is 5.09. The molecule has 2 unspecified atom stereocenters. The van der Waals surface area contributed by atoms with Gasteiger partial charge < -0.3 is 15.0 Å². The van der Waals surface area contributed by atoms with Crippen molar-refractivity contribution in [2.24, 2.45) is 0 Å². The molecule has 0 saturated carbocycles. The molecule has 0 aromatic heterocycles. The van der Waals surface area contributed by atoms with Crippen LogP contribution >= 0.6 is 0 Å². The van der Waals surface area contributed by atoms with Crippen molar-refractivity contribution in [3.05, 3.63) is 24.3 Å². The van der Waals surface area contributed by atoms with Gasteiger partial charge in [-0.1, -0.05) is 12.8 Å². The summed E-state index contributed by atoms with van der Waals surface area (Å²) in [5, 5.41) is 2.98. The Morgan fingerprint density at radius 1 is 0.882 bits per heavy atom. The minimum absolute atomic E-state index is 0.0744. The van der Waals surface area contributed by atoms with E-state index < -0.39 is 10.2 Å². The third kappa shape index (κ3) is 6.48. The van der Waals surface area contributed by atoms with Gasteiger partial charge >= 0.3 is 0 Å². The van der Waals surface area contributed by atoms with Gasteiger partial charge in [-0.25, -0.2) is 0 Å². The van der Waals surface area contributed by atoms with E-state index in [1.807, 2.05) is 30.9 Å². The van der Waals surface area contributed by atoms with Crippen molar-refractivity contribution in [2.45, 2.75) is 51.7 Å². The molecule has 3 fully saturated rings. The van der Waals surface area contributed by atoms with Crippen LogP contribution in [0.1, 0.15) is 39.5 Å². The Bertz CT molecular complexity index is 900. The van der Waals surface area contributed by atoms with Gasteiger partial charge in [-0.05, 0) is 51.0 Å². The van der Waals surface area contributed by atoms with Gasteiger partial charge in [-0.2, -0.15) is 17.0 Å². The van der Waals surface area contributed by atoms with Gasteiger partial charge in [0, 0.05) is 63.7 Å². The smallest absolute Gasteiger partial charge is 0.282 e. The van der Waals surface area contributed by atoms with E-state index in [1.165, 1.54) is 40.0 Å². The molecule has 4 rings (SSSR count). The zero-order valence-corrected chi connectivity index (χ0v) is 21.3. The Kier molecular flexibility index (Phi) is 8.47. The van der Waals surface area contributed by atoms with Crippen LogP contribution in [-0.2, 0) is 19.7 Å². The van der Waals surface area contributed by atoms with E-state index in [9.17, 15) is 13.2 Å². The average Bonchev–Trinajstić information content (AvgIpc) is 3.09. The number of hydrogen-bond acceptors (Lipinski definition) is 6. The molecule has 3 saturated heterocycles. The second kappa shape index (κ2) is 11.3. The summed E-state index contributed by atoms with van der Waals surface area (Å²) in [5.41, 5.74) is 2.00. The van der Waals surface area contributed by atoms with Crippen LogP contribution in [0.2, 0.25) is 0 Å². The first-order chi connectivity index (χ1) is 16.3. The highest BCUT2D eigenvalue weighted by molar-refractivity contribution is 7.86. The normalized spacial score (nSPS) is 26.2. The molecule has 0 bridgehead atoms. The molecule has 10 heteroatoms. The summed E-state index contributed by atoms with van der Waals surface area (Å²) >= 11 is 0. The maximum Gasteiger partial charge on any atom is 0.282 e. The Labute approximate surface area is 204 Å². The number of anilines is 2. The lowest BCUT2D eigenvalue weighted by molar-refractivity contribution is -0.117. The second-order valence-electron chi connectivity index (χ2n) is 9.75. The highest BCUT2D eigenvalue weighted by atomic mass is 32.2. The van der Waals surface area contributed by atoms with Crippen molar-refractivity contribution in [1.29, 1.82) is 0 Å². The molecule has 3 heterocycles. The molecule has 9 nitrogen and oxygen atoms in total. The van der Waals surface area contributed by atoms with E-state index >= 15 is 0 Å². The summed E-state index contributed by atoms with van der Waals surface area (Å²) in [6.07, 6.45) is 4.85. The fraction of sp³-hybridized carbons (Fsp3) is 0.708. The standard InChI is InChI=1S/C24H39N5O4S/c1-20-17-29(18-21(2)33-20)34(31,32)28-15-13-26(14-16-28)19-24(30)25-22-7-9-23(10-8-22)27-11-5-3-4-6-12-27/h7-10,20-21H,3-6,11-19H2,1-2H3,(H,25,30). The van der Waals surface area contributed by atoms with Crippen LogP contribution in [0.25, 0.3) is 0 Å². The largest absolute Gasteiger partial charge is 0.373 e. The Morgan fingerprint density at radius 2 is 1.47 bits per heavy atom. The average molecular weight is 494 g/mol. The van der Waals surface area contributed by atoms with Crippen molar-refractivity contribution in [1.82, 2.24) is 13.5 Å². The summed E-state index contributed by atoms with van der Waals surface area (Å²) < 4.78 is 34.9. The highest BCUT2D eigenvalue weighted by Crippen LogP contribution is 2.22. The van der Waals surface area contributed by atoms with Crippen molar-refractivity contribution < 1.29 is 17.9 Å². The lowest BCUT2D eigenvalue weighted by Gasteiger charge is -2.40. The van der Waals surface area contributed by atoms with Crippen LogP contribution in [0.5, 0.6) is 0 Å². The molecule has 34 heavy (non-hydrogen) atoms. The molecule has 0 aliphatic carbocycles. The monoisotopic (exact) mass is 493 g/mol. The van der Waals surface area contributed by atoms with E-state index in [4.69, 9.17) is 4.74 Å². The quantitative estimate of drug-likeness (QED) is 0.652. The number of nitrogens with one attached hydrogen (secondary N) is 1. The molecule has 0 spiro atoms. The topological polar surface area (TPSA) is 85.4 Å². The molecule has 2 atom stereocenters. The van der Waals surface area contributed by atoms with Crippen LogP contribution < -0.4 is 10.2 Å². The van der Waals surface area contributed by atoms with Gasteiger partial charge in [0.15, 0.2) is 0 Å². The SMILES string of the molecule is CC1CN(S(=O)(=O)N2CCN(CC(=O)Nc3ccc(N4CCCCCC4)cc3)CC2)CC(C)O1. The molecular formula is C24H39N5O4S. The zero-order valence-electron chi connectivity index (χ0n) is 20.5. The zero-order chi connectivity index (χ0) is 24.1. The van der Waals surface area contributed by atoms with Crippen LogP contribution in [0, 0.1) is 0 Å². The van der Waals surface area contributed by atoms with Gasteiger partial charge in [-0.3, -0.25) is 9.69 Å². The van der Waals surface area contributed by atoms with Gasteiger partial charge in [0.1, 0.15) is 0 Å². The summed E-state index contributed by atoms with van der Waals surface area (Å²) in [7, 11) is -3.51. The molecule has 1 aromatic rings. The van der Waals surface area contributed by atoms with E-state index in [0.29, 0.717) is 39.3 Å². The van der Waals surface area contributed by atoms with Gasteiger partial charge in [0.05, 0.1) is 18.8 Å². The molecule has 190 valence electrons. The summed E-state index contributed by atoms with van der Waals surface area (Å²) in [5.74, 6) is -0.0744. The lowest BCUT2D eigenvalue weighted by atomic mass is 10.2. The van der Waals surface area contributed by atoms with Crippen molar-refractivity contribution in [2.75, 3.05) is 69.1 Å². The van der Waals surface area contributed by atoms with Crippen LogP contribution in [-0.4, -0.2) is 98.9 Å². The van der Waals surface area contributed by atoms with Crippen molar-refractivity contribution >= 4 is 27.5 Å². The predicted octanol–water partition coefficient (Wildman–Crippen LogP) is 1.98. The van der Waals surface area contributed by atoms with Crippen LogP contribution in [0.4, 0.5) is 11.4 Å². The summed E-state index contributed by atoms with van der Waals surface area (Å²) in [6.45, 7) is 8.86. The number of amides is 1. The minimum atomic E-state index is -3.51. The van der Waals surface area contributed by atoms with Crippen LogP contribution in [0.15, 0.2) is 24.3 Å². The molecule has 1 amide bonds. The number of piperazine rings is 1. The molecule has 3 aliphatic rings. The second-order valence-corrected chi connectivity index (χ2v) is 11.7. The number of benzene rings is 1. The first-order valence-corrected chi connectivity index (χ1v) is 14.0. The number of ether oxygens (including phenoxy) is 1. The Morgan fingerprint density at radius 3 is 2.06 bits per heavy atom. The van der Waals surface area contributed by atoms with Gasteiger partial charge in [0.25, 0.3) is 10.2 Å². The summed E-state index contributed by atoms with van der Waals surface area (Å²) in [6, 6.07) is 8.09. The van der Waals surface area contributed by atoms with Gasteiger partial charge in [-0.15, -0.1) is 0 Å². The van der Waals surface area contributed by atoms with Crippen molar-refractivity contribution in [3.63, 3.8) is 0 Å². The number of hydrogen-bond donors (Lipinski definition) is 1. The third-order valence-corrected chi connectivity index (χ3v) is 8.83. The van der Waals surface area contributed by atoms with E-state index in [1.54, 1.807) is 0 Å². The van der Waals surface area contributed by atoms with Crippen molar-refractivity contribution in [3.8, 4) is 0 Å². The molecule has 0 radical (unpaired) electrons. The number of carbonyl (C=O) groups is 1. The third-order valence-electron chi connectivity index (χ3n) is 6.86. The highest BCUT2D eigenvalue weighted by Gasteiger charge is 2.36. The molecule has 3 aliphatic heterocycles. The first kappa shape index (κ1) is 25.4. The Balaban J connectivity index is 1.23. The maximum atomic E-state index is 13.1. The fourth-order valence-corrected chi connectivity index (χ4v) is 6.84. The minimum Gasteiger partial charge on any atom is -0.373 e. The summed E-state index contributed by atoms with van der Waals surface area (Å²) in [4.78, 5) is 17.0. The van der Waals surface area contributed by atoms with E-state index in [0.717, 1.165) is 18.8 Å². The van der Waals surface area contributed by atoms with E-state index in [-0.39, 0.29) is 24.7 Å². The van der Waals surface area contributed by atoms with E-state index in [2.05, 4.69) is 22.3 Å². The number of nitrogens with zero attached hydrogens (tertiary/aromatic N) is 4. The molecular weight excluding hydrogens is 454 g/mol. The number of rotatable bonds is 6. The lowest BCUT2D eigenvalue weighted by Crippen LogP contribution is -2.57. The number of morpholine rings is 1. The first-order valence-electron chi connectivity index (χ1n) is 12.6. The van der Waals surface area contributed by atoms with Gasteiger partial charge in [0.2, 0.25) is 5.91 Å². The molecule has 1 aromatic carbocycles. The number of carbonyl (C=O) groups excluding carboxylic acids is 1. The predicted molar refractivity (Wildman–Crippen MR) is 134 cm³/mol. The Hall–Kier alpha value is -1.72.